The van der Waals surface area contributed by atoms with Gasteiger partial charge in [0.25, 0.3) is 11.8 Å². The van der Waals surface area contributed by atoms with Gasteiger partial charge in [-0.25, -0.2) is 12.8 Å². The van der Waals surface area contributed by atoms with Crippen molar-refractivity contribution in [1.29, 1.82) is 0 Å². The van der Waals surface area contributed by atoms with Gasteiger partial charge in [0.15, 0.2) is 0 Å². The molecule has 2 aromatic rings. The molecule has 0 aromatic heterocycles. The van der Waals surface area contributed by atoms with Crippen LogP contribution in [0.4, 0.5) is 15.8 Å². The summed E-state index contributed by atoms with van der Waals surface area (Å²) in [4.78, 5) is 25.8. The number of fused-ring (bicyclic) bond motifs is 1. The lowest BCUT2D eigenvalue weighted by Gasteiger charge is -2.30. The van der Waals surface area contributed by atoms with E-state index in [1.165, 1.54) is 37.4 Å². The molecule has 1 heterocycles. The Hall–Kier alpha value is -2.45. The minimum atomic E-state index is -4.28. The minimum absolute atomic E-state index is 0.153. The molecule has 0 saturated heterocycles. The van der Waals surface area contributed by atoms with E-state index in [0.717, 1.165) is 17.0 Å². The Morgan fingerprint density at radius 2 is 1.84 bits per heavy atom. The number of sulfone groups is 1. The van der Waals surface area contributed by atoms with Crippen LogP contribution in [0.2, 0.25) is 5.02 Å². The van der Waals surface area contributed by atoms with E-state index in [2.05, 4.69) is 5.32 Å². The van der Waals surface area contributed by atoms with Crippen molar-refractivity contribution >= 4 is 44.6 Å². The second-order valence-corrected chi connectivity index (χ2v) is 7.87. The minimum Gasteiger partial charge on any atom is -0.324 e. The fraction of sp³-hybridized carbons (Fsp3) is 0.125. The van der Waals surface area contributed by atoms with Gasteiger partial charge >= 0.3 is 0 Å². The standard InChI is InChI=1S/C16H12ClFN2O4S/c1-20-12-7-2-9(17)8-13(12)25(23,24)14(16(20)22)15(21)19-11-5-3-10(18)4-6-11/h2-8,14H,1H3,(H,19,21). The first-order chi connectivity index (χ1) is 11.7. The van der Waals surface area contributed by atoms with Crippen LogP contribution in [0, 0.1) is 5.82 Å². The van der Waals surface area contributed by atoms with Crippen molar-refractivity contribution in [3.05, 3.63) is 53.3 Å². The molecule has 1 atom stereocenters. The lowest BCUT2D eigenvalue weighted by molar-refractivity contribution is -0.124. The van der Waals surface area contributed by atoms with E-state index in [9.17, 15) is 22.4 Å². The van der Waals surface area contributed by atoms with Gasteiger partial charge in [-0.2, -0.15) is 0 Å². The summed E-state index contributed by atoms with van der Waals surface area (Å²) < 4.78 is 38.5. The van der Waals surface area contributed by atoms with Gasteiger partial charge in [0, 0.05) is 17.8 Å². The zero-order chi connectivity index (χ0) is 18.4. The number of rotatable bonds is 2. The lowest BCUT2D eigenvalue weighted by atomic mass is 10.2. The monoisotopic (exact) mass is 382 g/mol. The van der Waals surface area contributed by atoms with E-state index in [0.29, 0.717) is 0 Å². The summed E-state index contributed by atoms with van der Waals surface area (Å²) in [6.45, 7) is 0. The summed E-state index contributed by atoms with van der Waals surface area (Å²) in [7, 11) is -2.90. The highest BCUT2D eigenvalue weighted by molar-refractivity contribution is 7.94. The molecule has 0 bridgehead atoms. The predicted molar refractivity (Wildman–Crippen MR) is 90.9 cm³/mol. The highest BCUT2D eigenvalue weighted by atomic mass is 35.5. The highest BCUT2D eigenvalue weighted by Gasteiger charge is 2.47. The van der Waals surface area contributed by atoms with Gasteiger partial charge < -0.3 is 10.2 Å². The van der Waals surface area contributed by atoms with E-state index in [1.54, 1.807) is 0 Å². The Kier molecular flexibility index (Phi) is 4.26. The van der Waals surface area contributed by atoms with E-state index < -0.39 is 32.7 Å². The first kappa shape index (κ1) is 17.4. The van der Waals surface area contributed by atoms with Crippen LogP contribution in [0.25, 0.3) is 0 Å². The van der Waals surface area contributed by atoms with Crippen molar-refractivity contribution in [2.75, 3.05) is 17.3 Å². The summed E-state index contributed by atoms with van der Waals surface area (Å²) in [5.41, 5.74) is 0.328. The maximum atomic E-state index is 12.9. The third-order valence-electron chi connectivity index (χ3n) is 3.80. The fourth-order valence-electron chi connectivity index (χ4n) is 2.54. The molecule has 2 amide bonds. The van der Waals surface area contributed by atoms with Crippen LogP contribution in [0.1, 0.15) is 0 Å². The first-order valence-corrected chi connectivity index (χ1v) is 9.01. The van der Waals surface area contributed by atoms with Gasteiger partial charge in [0.05, 0.1) is 10.6 Å². The first-order valence-electron chi connectivity index (χ1n) is 7.09. The maximum Gasteiger partial charge on any atom is 0.255 e. The van der Waals surface area contributed by atoms with Crippen LogP contribution < -0.4 is 10.2 Å². The number of anilines is 2. The smallest absolute Gasteiger partial charge is 0.255 e. The van der Waals surface area contributed by atoms with E-state index in [1.807, 2.05) is 0 Å². The number of hydrogen-bond acceptors (Lipinski definition) is 4. The molecule has 6 nitrogen and oxygen atoms in total. The molecule has 3 rings (SSSR count). The third-order valence-corrected chi connectivity index (χ3v) is 6.02. The molecule has 0 aliphatic carbocycles. The van der Waals surface area contributed by atoms with Gasteiger partial charge in [0.2, 0.25) is 15.1 Å². The van der Waals surface area contributed by atoms with E-state index in [4.69, 9.17) is 11.6 Å². The van der Waals surface area contributed by atoms with Gasteiger partial charge in [0.1, 0.15) is 5.82 Å². The van der Waals surface area contributed by atoms with Gasteiger partial charge in [-0.15, -0.1) is 0 Å². The van der Waals surface area contributed by atoms with E-state index >= 15 is 0 Å². The molecule has 0 saturated carbocycles. The second-order valence-electron chi connectivity index (χ2n) is 5.43. The molecule has 0 fully saturated rings. The van der Waals surface area contributed by atoms with Crippen LogP contribution in [0.15, 0.2) is 47.4 Å². The Morgan fingerprint density at radius 3 is 2.48 bits per heavy atom. The van der Waals surface area contributed by atoms with Crippen LogP contribution >= 0.6 is 11.6 Å². The number of carbonyl (C=O) groups is 2. The van der Waals surface area contributed by atoms with E-state index in [-0.39, 0.29) is 21.3 Å². The van der Waals surface area contributed by atoms with Crippen molar-refractivity contribution in [1.82, 2.24) is 0 Å². The van der Waals surface area contributed by atoms with Gasteiger partial charge in [-0.05, 0) is 42.5 Å². The largest absolute Gasteiger partial charge is 0.324 e. The highest BCUT2D eigenvalue weighted by Crippen LogP contribution is 2.36. The molecule has 1 N–H and O–H groups in total. The zero-order valence-corrected chi connectivity index (χ0v) is 14.4. The Bertz CT molecular complexity index is 976. The molecular weight excluding hydrogens is 371 g/mol. The lowest BCUT2D eigenvalue weighted by Crippen LogP contribution is -2.51. The number of carbonyl (C=O) groups excluding carboxylic acids is 2. The van der Waals surface area contributed by atoms with Crippen molar-refractivity contribution in [3.63, 3.8) is 0 Å². The molecule has 1 aliphatic heterocycles. The summed E-state index contributed by atoms with van der Waals surface area (Å²) in [6, 6.07) is 8.80. The number of amides is 2. The molecule has 1 aliphatic rings. The van der Waals surface area contributed by atoms with Gasteiger partial charge in [-0.3, -0.25) is 9.59 Å². The number of nitrogens with zero attached hydrogens (tertiary/aromatic N) is 1. The Balaban J connectivity index is 2.02. The molecule has 2 aromatic carbocycles. The average molecular weight is 383 g/mol. The van der Waals surface area contributed by atoms with Crippen LogP contribution in [0.3, 0.4) is 0 Å². The molecule has 0 spiro atoms. The Morgan fingerprint density at radius 1 is 1.20 bits per heavy atom. The molecule has 0 radical (unpaired) electrons. The molecule has 130 valence electrons. The summed E-state index contributed by atoms with van der Waals surface area (Å²) in [6.07, 6.45) is 0. The summed E-state index contributed by atoms with van der Waals surface area (Å²) >= 11 is 5.86. The second kappa shape index (κ2) is 6.12. The summed E-state index contributed by atoms with van der Waals surface area (Å²) in [5, 5.41) is 0.544. The number of benzene rings is 2. The van der Waals surface area contributed by atoms with Gasteiger partial charge in [-0.1, -0.05) is 11.6 Å². The maximum absolute atomic E-state index is 12.9. The normalized spacial score (nSPS) is 18.6. The SMILES string of the molecule is CN1C(=O)C(C(=O)Nc2ccc(F)cc2)S(=O)(=O)c2cc(Cl)ccc21. The molecule has 9 heteroatoms. The topological polar surface area (TPSA) is 83.6 Å². The third kappa shape index (κ3) is 2.98. The Labute approximate surface area is 148 Å². The molecular formula is C16H12ClFN2O4S. The molecule has 25 heavy (non-hydrogen) atoms. The quantitative estimate of drug-likeness (QED) is 0.807. The van der Waals surface area contributed by atoms with Crippen LogP contribution in [-0.4, -0.2) is 32.5 Å². The van der Waals surface area contributed by atoms with Crippen molar-refractivity contribution < 1.29 is 22.4 Å². The summed E-state index contributed by atoms with van der Waals surface area (Å²) in [5.74, 6) is -2.41. The number of hydrogen-bond donors (Lipinski definition) is 1. The molecule has 1 unspecified atom stereocenters. The number of nitrogens with one attached hydrogen (secondary N) is 1. The van der Waals surface area contributed by atoms with Crippen molar-refractivity contribution in [3.8, 4) is 0 Å². The van der Waals surface area contributed by atoms with Crippen molar-refractivity contribution in [2.45, 2.75) is 10.1 Å². The van der Waals surface area contributed by atoms with Crippen molar-refractivity contribution in [2.24, 2.45) is 0 Å². The fourth-order valence-corrected chi connectivity index (χ4v) is 4.58. The zero-order valence-electron chi connectivity index (χ0n) is 12.9. The van der Waals surface area contributed by atoms with Crippen LogP contribution in [0.5, 0.6) is 0 Å². The predicted octanol–water partition coefficient (Wildman–Crippen LogP) is 2.24. The number of halogens is 2. The average Bonchev–Trinajstić information content (AvgIpc) is 2.55. The van der Waals surface area contributed by atoms with Crippen LogP contribution in [-0.2, 0) is 19.4 Å².